The molecule has 1 amide bonds. The number of hydrogen-bond acceptors (Lipinski definition) is 2. The van der Waals surface area contributed by atoms with Crippen LogP contribution in [0.15, 0.2) is 12.1 Å². The second-order valence-corrected chi connectivity index (χ2v) is 5.73. The van der Waals surface area contributed by atoms with Crippen LogP contribution in [0.25, 0.3) is 0 Å². The van der Waals surface area contributed by atoms with Crippen molar-refractivity contribution in [2.75, 3.05) is 19.6 Å². The fourth-order valence-corrected chi connectivity index (χ4v) is 3.15. The Bertz CT molecular complexity index is 500. The van der Waals surface area contributed by atoms with Crippen LogP contribution >= 0.6 is 23.2 Å². The number of fused-ring (bicyclic) bond motifs is 1. The van der Waals surface area contributed by atoms with Crippen molar-refractivity contribution < 1.29 is 4.79 Å². The van der Waals surface area contributed by atoms with Crippen LogP contribution in [0.3, 0.4) is 0 Å². The minimum Gasteiger partial charge on any atom is -0.338 e. The molecule has 0 spiro atoms. The second-order valence-electron chi connectivity index (χ2n) is 4.89. The van der Waals surface area contributed by atoms with Gasteiger partial charge in [-0.15, -0.1) is 0 Å². The maximum atomic E-state index is 12.2. The summed E-state index contributed by atoms with van der Waals surface area (Å²) in [6.07, 6.45) is 0.817. The molecule has 96 valence electrons. The Kier molecular flexibility index (Phi) is 3.22. The first-order chi connectivity index (χ1) is 8.65. The van der Waals surface area contributed by atoms with Gasteiger partial charge in [-0.2, -0.15) is 0 Å². The van der Waals surface area contributed by atoms with E-state index in [1.165, 1.54) is 0 Å². The van der Waals surface area contributed by atoms with Crippen molar-refractivity contribution >= 4 is 29.1 Å². The molecule has 3 rings (SSSR count). The van der Waals surface area contributed by atoms with Gasteiger partial charge in [0.05, 0.1) is 5.92 Å². The Morgan fingerprint density at radius 3 is 2.78 bits per heavy atom. The third-order valence-electron chi connectivity index (χ3n) is 3.69. The molecule has 1 fully saturated rings. The van der Waals surface area contributed by atoms with Gasteiger partial charge in [-0.1, -0.05) is 23.2 Å². The first-order valence-corrected chi connectivity index (χ1v) is 6.87. The highest BCUT2D eigenvalue weighted by molar-refractivity contribution is 6.35. The van der Waals surface area contributed by atoms with Gasteiger partial charge in [-0.05, 0) is 29.7 Å². The lowest BCUT2D eigenvalue weighted by Gasteiger charge is -2.35. The standard InChI is InChI=1S/C13H14Cl2N2O/c14-10-3-8-7-17(13(18)9-5-16-6-9)2-1-11(8)12(15)4-10/h3-4,9,16H,1-2,5-7H2. The number of nitrogens with zero attached hydrogens (tertiary/aromatic N) is 1. The van der Waals surface area contributed by atoms with Crippen molar-refractivity contribution in [3.63, 3.8) is 0 Å². The highest BCUT2D eigenvalue weighted by atomic mass is 35.5. The summed E-state index contributed by atoms with van der Waals surface area (Å²) in [6, 6.07) is 3.69. The molecule has 0 aliphatic carbocycles. The summed E-state index contributed by atoms with van der Waals surface area (Å²) < 4.78 is 0. The average molecular weight is 285 g/mol. The van der Waals surface area contributed by atoms with Gasteiger partial charge in [-0.25, -0.2) is 0 Å². The van der Waals surface area contributed by atoms with Gasteiger partial charge < -0.3 is 10.2 Å². The van der Waals surface area contributed by atoms with E-state index >= 15 is 0 Å². The third-order valence-corrected chi connectivity index (χ3v) is 4.24. The Hall–Kier alpha value is -0.770. The summed E-state index contributed by atoms with van der Waals surface area (Å²) in [5.41, 5.74) is 2.22. The molecule has 1 N–H and O–H groups in total. The van der Waals surface area contributed by atoms with Crippen LogP contribution in [0.2, 0.25) is 10.0 Å². The van der Waals surface area contributed by atoms with Crippen LogP contribution in [0.4, 0.5) is 0 Å². The van der Waals surface area contributed by atoms with E-state index in [4.69, 9.17) is 23.2 Å². The first-order valence-electron chi connectivity index (χ1n) is 6.11. The molecule has 0 atom stereocenters. The van der Waals surface area contributed by atoms with Gasteiger partial charge in [0.1, 0.15) is 0 Å². The molecule has 0 radical (unpaired) electrons. The molecule has 1 aromatic carbocycles. The topological polar surface area (TPSA) is 32.3 Å². The van der Waals surface area contributed by atoms with Crippen LogP contribution in [0.5, 0.6) is 0 Å². The Labute approximate surface area is 116 Å². The fraction of sp³-hybridized carbons (Fsp3) is 0.462. The van der Waals surface area contributed by atoms with E-state index in [1.807, 2.05) is 11.0 Å². The normalized spacial score (nSPS) is 19.3. The number of amides is 1. The average Bonchev–Trinajstić information content (AvgIpc) is 2.25. The van der Waals surface area contributed by atoms with E-state index in [0.717, 1.165) is 42.2 Å². The van der Waals surface area contributed by atoms with Crippen molar-refractivity contribution in [2.45, 2.75) is 13.0 Å². The minimum absolute atomic E-state index is 0.154. The van der Waals surface area contributed by atoms with Crippen molar-refractivity contribution in [3.05, 3.63) is 33.3 Å². The van der Waals surface area contributed by atoms with Crippen molar-refractivity contribution in [1.82, 2.24) is 10.2 Å². The molecule has 1 aromatic rings. The maximum Gasteiger partial charge on any atom is 0.228 e. The number of carbonyl (C=O) groups is 1. The molecule has 0 unspecified atom stereocenters. The van der Waals surface area contributed by atoms with E-state index in [0.29, 0.717) is 11.6 Å². The second kappa shape index (κ2) is 4.72. The summed E-state index contributed by atoms with van der Waals surface area (Å²) in [5, 5.41) is 4.48. The molecule has 5 heteroatoms. The van der Waals surface area contributed by atoms with Crippen LogP contribution < -0.4 is 5.32 Å². The SMILES string of the molecule is O=C(C1CNC1)N1CCc2c(Cl)cc(Cl)cc2C1. The van der Waals surface area contributed by atoms with Gasteiger partial charge >= 0.3 is 0 Å². The van der Waals surface area contributed by atoms with E-state index in [1.54, 1.807) is 6.07 Å². The summed E-state index contributed by atoms with van der Waals surface area (Å²) in [7, 11) is 0. The maximum absolute atomic E-state index is 12.2. The largest absolute Gasteiger partial charge is 0.338 e. The number of nitrogens with one attached hydrogen (secondary N) is 1. The third kappa shape index (κ3) is 2.11. The number of carbonyl (C=O) groups excluding carboxylic acids is 1. The van der Waals surface area contributed by atoms with Crippen LogP contribution in [-0.2, 0) is 17.8 Å². The summed E-state index contributed by atoms with van der Waals surface area (Å²) >= 11 is 12.2. The lowest BCUT2D eigenvalue weighted by atomic mass is 9.96. The zero-order valence-corrected chi connectivity index (χ0v) is 11.4. The van der Waals surface area contributed by atoms with E-state index in [9.17, 15) is 4.79 Å². The Balaban J connectivity index is 1.82. The smallest absolute Gasteiger partial charge is 0.228 e. The Morgan fingerprint density at radius 1 is 1.33 bits per heavy atom. The number of halogens is 2. The highest BCUT2D eigenvalue weighted by Crippen LogP contribution is 2.30. The molecular formula is C13H14Cl2N2O. The molecule has 0 aromatic heterocycles. The number of benzene rings is 1. The molecule has 2 heterocycles. The van der Waals surface area contributed by atoms with E-state index < -0.39 is 0 Å². The van der Waals surface area contributed by atoms with Crippen LogP contribution in [0, 0.1) is 5.92 Å². The van der Waals surface area contributed by atoms with E-state index in [2.05, 4.69) is 5.32 Å². The van der Waals surface area contributed by atoms with Gasteiger partial charge in [0.25, 0.3) is 0 Å². The lowest BCUT2D eigenvalue weighted by Crippen LogP contribution is -2.52. The van der Waals surface area contributed by atoms with Gasteiger partial charge in [0.15, 0.2) is 0 Å². The summed E-state index contributed by atoms with van der Waals surface area (Å²) in [6.45, 7) is 2.99. The molecule has 2 aliphatic heterocycles. The van der Waals surface area contributed by atoms with E-state index in [-0.39, 0.29) is 11.8 Å². The first kappa shape index (κ1) is 12.3. The molecule has 0 saturated carbocycles. The van der Waals surface area contributed by atoms with Gasteiger partial charge in [0, 0.05) is 36.2 Å². The van der Waals surface area contributed by atoms with Crippen molar-refractivity contribution in [2.24, 2.45) is 5.92 Å². The van der Waals surface area contributed by atoms with Crippen molar-refractivity contribution in [3.8, 4) is 0 Å². The molecule has 2 aliphatic rings. The summed E-state index contributed by atoms with van der Waals surface area (Å²) in [4.78, 5) is 14.1. The zero-order valence-electron chi connectivity index (χ0n) is 9.88. The zero-order chi connectivity index (χ0) is 12.7. The molecule has 3 nitrogen and oxygen atoms in total. The predicted molar refractivity (Wildman–Crippen MR) is 71.9 cm³/mol. The molecule has 18 heavy (non-hydrogen) atoms. The molecule has 0 bridgehead atoms. The monoisotopic (exact) mass is 284 g/mol. The highest BCUT2D eigenvalue weighted by Gasteiger charge is 2.31. The summed E-state index contributed by atoms with van der Waals surface area (Å²) in [5.74, 6) is 0.400. The van der Waals surface area contributed by atoms with Gasteiger partial charge in [-0.3, -0.25) is 4.79 Å². The predicted octanol–water partition coefficient (Wildman–Crippen LogP) is 2.10. The lowest BCUT2D eigenvalue weighted by molar-refractivity contribution is -0.138. The molecular weight excluding hydrogens is 271 g/mol. The quantitative estimate of drug-likeness (QED) is 0.857. The van der Waals surface area contributed by atoms with Crippen LogP contribution in [0.1, 0.15) is 11.1 Å². The fourth-order valence-electron chi connectivity index (χ4n) is 2.52. The minimum atomic E-state index is 0.154. The van der Waals surface area contributed by atoms with Gasteiger partial charge in [0.2, 0.25) is 5.91 Å². The number of rotatable bonds is 1. The molecule has 1 saturated heterocycles. The number of hydrogen-bond donors (Lipinski definition) is 1. The van der Waals surface area contributed by atoms with Crippen molar-refractivity contribution in [1.29, 1.82) is 0 Å². The Morgan fingerprint density at radius 2 is 2.11 bits per heavy atom. The van der Waals surface area contributed by atoms with Crippen LogP contribution in [-0.4, -0.2) is 30.4 Å².